The molecular weight excluding hydrogens is 454 g/mol. The van der Waals surface area contributed by atoms with Gasteiger partial charge in [0.2, 0.25) is 0 Å². The molecule has 0 spiro atoms. The number of amides is 2. The summed E-state index contributed by atoms with van der Waals surface area (Å²) in [5.74, 6) is -0.887. The normalized spacial score (nSPS) is 11.0. The van der Waals surface area contributed by atoms with Gasteiger partial charge in [0.05, 0.1) is 27.4 Å². The topological polar surface area (TPSA) is 114 Å². The molecule has 0 aromatic heterocycles. The highest BCUT2D eigenvalue weighted by Gasteiger charge is 2.20. The SMILES string of the molecule is COCCCNC(=O)c1ccccc1NC(=O)c1ccccc1NS(=O)(=O)c1ccc(C)cc1. The Morgan fingerprint density at radius 2 is 1.41 bits per heavy atom. The molecule has 34 heavy (non-hydrogen) atoms. The average Bonchev–Trinajstić information content (AvgIpc) is 2.82. The Hall–Kier alpha value is -3.69. The number of carbonyl (C=O) groups excluding carboxylic acids is 2. The number of methoxy groups -OCH3 is 1. The molecule has 0 heterocycles. The van der Waals surface area contributed by atoms with E-state index in [1.807, 2.05) is 6.92 Å². The number of carbonyl (C=O) groups is 2. The van der Waals surface area contributed by atoms with Gasteiger partial charge in [-0.2, -0.15) is 0 Å². The van der Waals surface area contributed by atoms with E-state index in [0.717, 1.165) is 5.56 Å². The van der Waals surface area contributed by atoms with Gasteiger partial charge < -0.3 is 15.4 Å². The van der Waals surface area contributed by atoms with Gasteiger partial charge in [-0.25, -0.2) is 8.42 Å². The van der Waals surface area contributed by atoms with Crippen molar-refractivity contribution in [2.24, 2.45) is 0 Å². The molecular formula is C25H27N3O5S. The number of para-hydroxylation sites is 2. The molecule has 3 aromatic rings. The molecule has 0 unspecified atom stereocenters. The van der Waals surface area contributed by atoms with Crippen molar-refractivity contribution in [2.75, 3.05) is 30.3 Å². The number of hydrogen-bond acceptors (Lipinski definition) is 5. The van der Waals surface area contributed by atoms with Crippen LogP contribution >= 0.6 is 0 Å². The summed E-state index contributed by atoms with van der Waals surface area (Å²) < 4.78 is 33.1. The van der Waals surface area contributed by atoms with Crippen molar-refractivity contribution >= 4 is 33.2 Å². The second-order valence-electron chi connectivity index (χ2n) is 7.57. The lowest BCUT2D eigenvalue weighted by atomic mass is 10.1. The summed E-state index contributed by atoms with van der Waals surface area (Å²) in [5, 5.41) is 5.51. The Balaban J connectivity index is 1.80. The van der Waals surface area contributed by atoms with Crippen LogP contribution in [0.2, 0.25) is 0 Å². The van der Waals surface area contributed by atoms with Gasteiger partial charge in [-0.3, -0.25) is 14.3 Å². The van der Waals surface area contributed by atoms with E-state index in [2.05, 4.69) is 15.4 Å². The van der Waals surface area contributed by atoms with E-state index in [1.165, 1.54) is 24.3 Å². The zero-order valence-corrected chi connectivity index (χ0v) is 19.8. The molecule has 0 saturated carbocycles. The summed E-state index contributed by atoms with van der Waals surface area (Å²) in [7, 11) is -2.31. The molecule has 3 N–H and O–H groups in total. The molecule has 9 heteroatoms. The predicted molar refractivity (Wildman–Crippen MR) is 132 cm³/mol. The van der Waals surface area contributed by atoms with Gasteiger partial charge in [0, 0.05) is 20.3 Å². The third-order valence-electron chi connectivity index (χ3n) is 4.98. The number of aryl methyl sites for hydroxylation is 1. The Morgan fingerprint density at radius 1 is 0.824 bits per heavy atom. The Labute approximate surface area is 199 Å². The Bertz CT molecular complexity index is 1260. The van der Waals surface area contributed by atoms with Gasteiger partial charge in [-0.15, -0.1) is 0 Å². The smallest absolute Gasteiger partial charge is 0.261 e. The van der Waals surface area contributed by atoms with Crippen LogP contribution in [0.3, 0.4) is 0 Å². The van der Waals surface area contributed by atoms with Crippen LogP contribution in [0.4, 0.5) is 11.4 Å². The molecule has 0 radical (unpaired) electrons. The maximum atomic E-state index is 13.1. The fourth-order valence-corrected chi connectivity index (χ4v) is 4.26. The third kappa shape index (κ3) is 6.43. The molecule has 0 aliphatic carbocycles. The highest BCUT2D eigenvalue weighted by molar-refractivity contribution is 7.92. The molecule has 2 amide bonds. The first-order valence-corrected chi connectivity index (χ1v) is 12.2. The minimum atomic E-state index is -3.90. The molecule has 3 rings (SSSR count). The number of rotatable bonds is 10. The molecule has 0 saturated heterocycles. The van der Waals surface area contributed by atoms with E-state index >= 15 is 0 Å². The van der Waals surface area contributed by atoms with Crippen LogP contribution in [0, 0.1) is 6.92 Å². The maximum absolute atomic E-state index is 13.1. The van der Waals surface area contributed by atoms with Crippen molar-refractivity contribution in [2.45, 2.75) is 18.2 Å². The number of hydrogen-bond donors (Lipinski definition) is 3. The highest BCUT2D eigenvalue weighted by atomic mass is 32.2. The summed E-state index contributed by atoms with van der Waals surface area (Å²) in [5.41, 5.74) is 1.79. The van der Waals surface area contributed by atoms with E-state index in [0.29, 0.717) is 30.8 Å². The third-order valence-corrected chi connectivity index (χ3v) is 6.36. The Morgan fingerprint density at radius 3 is 2.06 bits per heavy atom. The van der Waals surface area contributed by atoms with Crippen LogP contribution in [0.1, 0.15) is 32.7 Å². The fourth-order valence-electron chi connectivity index (χ4n) is 3.18. The van der Waals surface area contributed by atoms with Gasteiger partial charge in [0.1, 0.15) is 0 Å². The van der Waals surface area contributed by atoms with Crippen molar-refractivity contribution in [3.05, 3.63) is 89.5 Å². The average molecular weight is 482 g/mol. The minimum Gasteiger partial charge on any atom is -0.385 e. The molecule has 3 aromatic carbocycles. The zero-order valence-electron chi connectivity index (χ0n) is 19.0. The number of nitrogens with one attached hydrogen (secondary N) is 3. The van der Waals surface area contributed by atoms with Gasteiger partial charge in [-0.1, -0.05) is 42.0 Å². The maximum Gasteiger partial charge on any atom is 0.261 e. The molecule has 0 fully saturated rings. The first-order valence-electron chi connectivity index (χ1n) is 10.7. The quantitative estimate of drug-likeness (QED) is 0.381. The monoisotopic (exact) mass is 481 g/mol. The van der Waals surface area contributed by atoms with Crippen LogP contribution < -0.4 is 15.4 Å². The summed E-state index contributed by atoms with van der Waals surface area (Å²) in [6.07, 6.45) is 0.658. The molecule has 0 aliphatic rings. The summed E-state index contributed by atoms with van der Waals surface area (Å²) >= 11 is 0. The van der Waals surface area contributed by atoms with Crippen molar-refractivity contribution < 1.29 is 22.7 Å². The van der Waals surface area contributed by atoms with Crippen LogP contribution in [-0.2, 0) is 14.8 Å². The van der Waals surface area contributed by atoms with Gasteiger partial charge in [0.15, 0.2) is 0 Å². The van der Waals surface area contributed by atoms with Crippen LogP contribution in [-0.4, -0.2) is 40.5 Å². The van der Waals surface area contributed by atoms with Crippen LogP contribution in [0.25, 0.3) is 0 Å². The van der Waals surface area contributed by atoms with Crippen LogP contribution in [0.5, 0.6) is 0 Å². The summed E-state index contributed by atoms with van der Waals surface area (Å²) in [4.78, 5) is 25.8. The number of ether oxygens (including phenoxy) is 1. The first-order chi connectivity index (χ1) is 16.3. The summed E-state index contributed by atoms with van der Waals surface area (Å²) in [6.45, 7) is 2.81. The number of benzene rings is 3. The first kappa shape index (κ1) is 24.9. The molecule has 0 atom stereocenters. The van der Waals surface area contributed by atoms with Crippen molar-refractivity contribution in [3.63, 3.8) is 0 Å². The molecule has 0 aliphatic heterocycles. The fraction of sp³-hybridized carbons (Fsp3) is 0.200. The zero-order chi connectivity index (χ0) is 24.6. The lowest BCUT2D eigenvalue weighted by Crippen LogP contribution is -2.27. The van der Waals surface area contributed by atoms with E-state index in [9.17, 15) is 18.0 Å². The summed E-state index contributed by atoms with van der Waals surface area (Å²) in [6, 6.07) is 19.3. The van der Waals surface area contributed by atoms with E-state index in [-0.39, 0.29) is 22.1 Å². The van der Waals surface area contributed by atoms with Crippen molar-refractivity contribution in [1.82, 2.24) is 5.32 Å². The molecule has 0 bridgehead atoms. The van der Waals surface area contributed by atoms with Gasteiger partial charge in [0.25, 0.3) is 21.8 Å². The van der Waals surface area contributed by atoms with Crippen molar-refractivity contribution in [3.8, 4) is 0 Å². The van der Waals surface area contributed by atoms with Crippen molar-refractivity contribution in [1.29, 1.82) is 0 Å². The second-order valence-corrected chi connectivity index (χ2v) is 9.25. The van der Waals surface area contributed by atoms with Gasteiger partial charge >= 0.3 is 0 Å². The lowest BCUT2D eigenvalue weighted by Gasteiger charge is -2.15. The van der Waals surface area contributed by atoms with E-state index in [4.69, 9.17) is 4.74 Å². The van der Waals surface area contributed by atoms with Crippen LogP contribution in [0.15, 0.2) is 77.7 Å². The van der Waals surface area contributed by atoms with E-state index < -0.39 is 15.9 Å². The predicted octanol–water partition coefficient (Wildman–Crippen LogP) is 3.81. The molecule has 178 valence electrons. The minimum absolute atomic E-state index is 0.0869. The van der Waals surface area contributed by atoms with E-state index in [1.54, 1.807) is 55.6 Å². The van der Waals surface area contributed by atoms with Gasteiger partial charge in [-0.05, 0) is 49.7 Å². The highest BCUT2D eigenvalue weighted by Crippen LogP contribution is 2.23. The lowest BCUT2D eigenvalue weighted by molar-refractivity contribution is 0.0949. The standard InChI is InChI=1S/C25H27N3O5S/c1-18-12-14-19(15-13-18)34(31,32)28-23-11-6-4-9-21(23)25(30)27-22-10-5-3-8-20(22)24(29)26-16-7-17-33-2/h3-6,8-15,28H,7,16-17H2,1-2H3,(H,26,29)(H,27,30). The largest absolute Gasteiger partial charge is 0.385 e. The Kier molecular flexibility index (Phi) is 8.39. The second kappa shape index (κ2) is 11.4. The number of anilines is 2. The molecule has 8 nitrogen and oxygen atoms in total. The number of sulfonamides is 1.